The molecule has 2 aliphatic heterocycles. The highest BCUT2D eigenvalue weighted by Crippen LogP contribution is 2.22. The van der Waals surface area contributed by atoms with Gasteiger partial charge in [0, 0.05) is 24.5 Å². The lowest BCUT2D eigenvalue weighted by molar-refractivity contribution is -0.129. The summed E-state index contributed by atoms with van der Waals surface area (Å²) >= 11 is 0. The van der Waals surface area contributed by atoms with Crippen LogP contribution in [0.4, 0.5) is 16.2 Å². The molecule has 3 rings (SSSR count). The SMILES string of the molecule is O=C(CN1C(=O)COC1=O)Nc1ccc(N2CCCC2)cc1. The molecule has 1 aromatic rings. The van der Waals surface area contributed by atoms with Gasteiger partial charge < -0.3 is 15.0 Å². The fraction of sp³-hybridized carbons (Fsp3) is 0.400. The summed E-state index contributed by atoms with van der Waals surface area (Å²) in [5.74, 6) is -0.925. The number of benzene rings is 1. The molecule has 0 unspecified atom stereocenters. The van der Waals surface area contributed by atoms with Crippen molar-refractivity contribution in [3.05, 3.63) is 24.3 Å². The van der Waals surface area contributed by atoms with E-state index >= 15 is 0 Å². The minimum absolute atomic E-state index is 0.295. The molecule has 2 fully saturated rings. The molecule has 0 spiro atoms. The maximum atomic E-state index is 11.9. The molecular formula is C15H17N3O4. The fourth-order valence-electron chi connectivity index (χ4n) is 2.61. The van der Waals surface area contributed by atoms with Gasteiger partial charge in [0.2, 0.25) is 5.91 Å². The average molecular weight is 303 g/mol. The molecular weight excluding hydrogens is 286 g/mol. The molecule has 2 saturated heterocycles. The fourth-order valence-corrected chi connectivity index (χ4v) is 2.61. The molecule has 1 N–H and O–H groups in total. The first-order valence-electron chi connectivity index (χ1n) is 7.25. The third kappa shape index (κ3) is 3.03. The van der Waals surface area contributed by atoms with E-state index in [-0.39, 0.29) is 13.2 Å². The Kier molecular flexibility index (Phi) is 3.95. The zero-order valence-electron chi connectivity index (χ0n) is 12.1. The Balaban J connectivity index is 1.57. The average Bonchev–Trinajstić information content (AvgIpc) is 3.14. The Morgan fingerprint density at radius 3 is 2.41 bits per heavy atom. The number of cyclic esters (lactones) is 1. The van der Waals surface area contributed by atoms with Gasteiger partial charge in [0.1, 0.15) is 6.54 Å². The van der Waals surface area contributed by atoms with Gasteiger partial charge in [0.15, 0.2) is 6.61 Å². The molecule has 1 aromatic carbocycles. The third-order valence-electron chi connectivity index (χ3n) is 3.76. The van der Waals surface area contributed by atoms with E-state index in [9.17, 15) is 14.4 Å². The summed E-state index contributed by atoms with van der Waals surface area (Å²) in [7, 11) is 0. The third-order valence-corrected chi connectivity index (χ3v) is 3.76. The van der Waals surface area contributed by atoms with E-state index in [2.05, 4.69) is 15.0 Å². The summed E-state index contributed by atoms with van der Waals surface area (Å²) in [5, 5.41) is 2.67. The van der Waals surface area contributed by atoms with Gasteiger partial charge in [-0.3, -0.25) is 9.59 Å². The predicted octanol–water partition coefficient (Wildman–Crippen LogP) is 1.20. The van der Waals surface area contributed by atoms with Crippen molar-refractivity contribution >= 4 is 29.3 Å². The molecule has 7 nitrogen and oxygen atoms in total. The van der Waals surface area contributed by atoms with Crippen molar-refractivity contribution < 1.29 is 19.1 Å². The Bertz CT molecular complexity index is 577. The van der Waals surface area contributed by atoms with Gasteiger partial charge in [0.05, 0.1) is 0 Å². The van der Waals surface area contributed by atoms with Gasteiger partial charge >= 0.3 is 6.09 Å². The van der Waals surface area contributed by atoms with Crippen molar-refractivity contribution in [3.8, 4) is 0 Å². The molecule has 2 heterocycles. The normalized spacial score (nSPS) is 17.8. The van der Waals surface area contributed by atoms with Crippen LogP contribution in [0.25, 0.3) is 0 Å². The van der Waals surface area contributed by atoms with Crippen LogP contribution in [0, 0.1) is 0 Å². The second kappa shape index (κ2) is 6.05. The molecule has 22 heavy (non-hydrogen) atoms. The van der Waals surface area contributed by atoms with Gasteiger partial charge in [-0.05, 0) is 37.1 Å². The number of ether oxygens (including phenoxy) is 1. The predicted molar refractivity (Wildman–Crippen MR) is 79.6 cm³/mol. The summed E-state index contributed by atoms with van der Waals surface area (Å²) < 4.78 is 4.55. The van der Waals surface area contributed by atoms with E-state index in [0.29, 0.717) is 5.69 Å². The molecule has 0 bridgehead atoms. The highest BCUT2D eigenvalue weighted by molar-refractivity contribution is 6.03. The first-order chi connectivity index (χ1) is 10.6. The number of anilines is 2. The number of nitrogens with one attached hydrogen (secondary N) is 1. The topological polar surface area (TPSA) is 78.9 Å². The molecule has 3 amide bonds. The minimum Gasteiger partial charge on any atom is -0.439 e. The van der Waals surface area contributed by atoms with Crippen molar-refractivity contribution in [3.63, 3.8) is 0 Å². The van der Waals surface area contributed by atoms with Gasteiger partial charge in [-0.25, -0.2) is 9.69 Å². The molecule has 116 valence electrons. The van der Waals surface area contributed by atoms with Crippen molar-refractivity contribution in [1.29, 1.82) is 0 Å². The van der Waals surface area contributed by atoms with E-state index in [1.807, 2.05) is 24.3 Å². The molecule has 0 aliphatic carbocycles. The van der Waals surface area contributed by atoms with Crippen LogP contribution in [0.5, 0.6) is 0 Å². The minimum atomic E-state index is -0.774. The van der Waals surface area contributed by atoms with E-state index in [4.69, 9.17) is 0 Å². The van der Waals surface area contributed by atoms with Crippen molar-refractivity contribution in [2.75, 3.05) is 36.5 Å². The van der Waals surface area contributed by atoms with Crippen LogP contribution in [0.3, 0.4) is 0 Å². The molecule has 2 aliphatic rings. The Labute approximate surface area is 127 Å². The number of hydrogen-bond acceptors (Lipinski definition) is 5. The van der Waals surface area contributed by atoms with Crippen molar-refractivity contribution in [2.24, 2.45) is 0 Å². The number of nitrogens with zero attached hydrogens (tertiary/aromatic N) is 2. The first kappa shape index (κ1) is 14.4. The van der Waals surface area contributed by atoms with Crippen LogP contribution >= 0.6 is 0 Å². The molecule has 7 heteroatoms. The number of imide groups is 1. The lowest BCUT2D eigenvalue weighted by atomic mass is 10.2. The number of carbonyl (C=O) groups excluding carboxylic acids is 3. The largest absolute Gasteiger partial charge is 0.439 e. The van der Waals surface area contributed by atoms with Crippen molar-refractivity contribution in [2.45, 2.75) is 12.8 Å². The second-order valence-corrected chi connectivity index (χ2v) is 5.32. The van der Waals surface area contributed by atoms with Crippen LogP contribution in [0.1, 0.15) is 12.8 Å². The van der Waals surface area contributed by atoms with E-state index < -0.39 is 17.9 Å². The summed E-state index contributed by atoms with van der Waals surface area (Å²) in [6, 6.07) is 7.54. The lowest BCUT2D eigenvalue weighted by Crippen LogP contribution is -2.36. The van der Waals surface area contributed by atoms with Crippen LogP contribution in [-0.4, -0.2) is 49.0 Å². The zero-order chi connectivity index (χ0) is 15.5. The molecule has 0 atom stereocenters. The van der Waals surface area contributed by atoms with Crippen molar-refractivity contribution in [1.82, 2.24) is 4.90 Å². The van der Waals surface area contributed by atoms with Crippen LogP contribution in [0.15, 0.2) is 24.3 Å². The van der Waals surface area contributed by atoms with Gasteiger partial charge in [-0.2, -0.15) is 0 Å². The molecule has 0 aromatic heterocycles. The molecule has 0 saturated carbocycles. The smallest absolute Gasteiger partial charge is 0.417 e. The Morgan fingerprint density at radius 1 is 1.14 bits per heavy atom. The standard InChI is InChI=1S/C15H17N3O4/c19-13(9-18-14(20)10-22-15(18)21)16-11-3-5-12(6-4-11)17-7-1-2-8-17/h3-6H,1-2,7-10H2,(H,16,19). The number of amides is 3. The van der Waals surface area contributed by atoms with E-state index in [1.54, 1.807) is 0 Å². The summed E-state index contributed by atoms with van der Waals surface area (Å²) in [4.78, 5) is 37.6. The highest BCUT2D eigenvalue weighted by atomic mass is 16.6. The van der Waals surface area contributed by atoms with Gasteiger partial charge in [-0.1, -0.05) is 0 Å². The monoisotopic (exact) mass is 303 g/mol. The van der Waals surface area contributed by atoms with E-state index in [0.717, 1.165) is 23.7 Å². The van der Waals surface area contributed by atoms with Crippen LogP contribution in [-0.2, 0) is 14.3 Å². The molecule has 0 radical (unpaired) electrons. The maximum absolute atomic E-state index is 11.9. The lowest BCUT2D eigenvalue weighted by Gasteiger charge is -2.18. The highest BCUT2D eigenvalue weighted by Gasteiger charge is 2.32. The second-order valence-electron chi connectivity index (χ2n) is 5.32. The van der Waals surface area contributed by atoms with Crippen LogP contribution in [0.2, 0.25) is 0 Å². The van der Waals surface area contributed by atoms with E-state index in [1.165, 1.54) is 12.8 Å². The summed E-state index contributed by atoms with van der Waals surface area (Å²) in [6.07, 6.45) is 1.64. The quantitative estimate of drug-likeness (QED) is 0.904. The Hall–Kier alpha value is -2.57. The van der Waals surface area contributed by atoms with Gasteiger partial charge in [-0.15, -0.1) is 0 Å². The number of rotatable bonds is 4. The van der Waals surface area contributed by atoms with Crippen LogP contribution < -0.4 is 10.2 Å². The maximum Gasteiger partial charge on any atom is 0.417 e. The summed E-state index contributed by atoms with van der Waals surface area (Å²) in [5.41, 5.74) is 1.77. The number of hydrogen-bond donors (Lipinski definition) is 1. The number of carbonyl (C=O) groups is 3. The first-order valence-corrected chi connectivity index (χ1v) is 7.25. The van der Waals surface area contributed by atoms with Gasteiger partial charge in [0.25, 0.3) is 5.91 Å². The Morgan fingerprint density at radius 2 is 1.82 bits per heavy atom. The zero-order valence-corrected chi connectivity index (χ0v) is 12.1. The summed E-state index contributed by atoms with van der Waals surface area (Å²) in [6.45, 7) is 1.50.